The molecule has 7 atom stereocenters. The Morgan fingerprint density at radius 3 is 2.75 bits per heavy atom. The van der Waals surface area contributed by atoms with E-state index in [0.717, 1.165) is 12.6 Å². The van der Waals surface area contributed by atoms with Crippen molar-refractivity contribution in [1.82, 2.24) is 0 Å². The fraction of sp³-hybridized carbons (Fsp3) is 1.00. The van der Waals surface area contributed by atoms with E-state index < -0.39 is 18.2 Å². The number of thiol groups is 1. The zero-order valence-electron chi connectivity index (χ0n) is 9.12. The van der Waals surface area contributed by atoms with E-state index in [1.54, 1.807) is 23.0 Å². The van der Waals surface area contributed by atoms with Crippen LogP contribution in [0.5, 0.6) is 0 Å². The van der Waals surface area contributed by atoms with Crippen LogP contribution in [-0.4, -0.2) is 48.7 Å². The molecule has 1 aliphatic heterocycles. The standard InChI is InChI=1S/C9H17BIO3PS/c1-2-4(3-15)8(16)7-6(14-11)5(12)9(10)13-7/h4-9,12,16H,2-3,15H2,1H3/t4?,5-,6+,7+,8-,9-/m1/s1. The van der Waals surface area contributed by atoms with Gasteiger partial charge in [-0.05, 0) is 12.1 Å². The Morgan fingerprint density at radius 2 is 2.31 bits per heavy atom. The van der Waals surface area contributed by atoms with Crippen molar-refractivity contribution in [1.29, 1.82) is 0 Å². The normalized spacial score (nSPS) is 38.6. The van der Waals surface area contributed by atoms with E-state index in [0.29, 0.717) is 5.92 Å². The third-order valence-corrected chi connectivity index (χ3v) is 4.97. The van der Waals surface area contributed by atoms with Crippen molar-refractivity contribution in [3.63, 3.8) is 0 Å². The second kappa shape index (κ2) is 7.14. The van der Waals surface area contributed by atoms with Crippen LogP contribution in [0.2, 0.25) is 0 Å². The summed E-state index contributed by atoms with van der Waals surface area (Å²) in [6, 6.07) is -0.679. The molecule has 16 heavy (non-hydrogen) atoms. The number of halogens is 1. The van der Waals surface area contributed by atoms with Gasteiger partial charge in [-0.3, -0.25) is 0 Å². The van der Waals surface area contributed by atoms with Crippen LogP contribution in [0, 0.1) is 5.92 Å². The molecule has 1 N–H and O–H groups in total. The SMILES string of the molecule is [B][C@@H]1O[C@H]([C@H](S)C(CC)CP)[C@@H](OI)[C@H]1O. The Hall–Kier alpha value is 1.45. The Labute approximate surface area is 120 Å². The van der Waals surface area contributed by atoms with Gasteiger partial charge in [0.2, 0.25) is 0 Å². The molecule has 0 aliphatic carbocycles. The molecule has 7 heteroatoms. The minimum Gasteiger partial charge on any atom is -0.388 e. The van der Waals surface area contributed by atoms with Crippen LogP contribution >= 0.6 is 44.9 Å². The number of aliphatic hydroxyl groups excluding tert-OH is 1. The first-order valence-electron chi connectivity index (χ1n) is 5.31. The molecule has 0 amide bonds. The minimum atomic E-state index is -0.779. The summed E-state index contributed by atoms with van der Waals surface area (Å²) in [7, 11) is 8.38. The summed E-state index contributed by atoms with van der Waals surface area (Å²) in [6.45, 7) is 2.11. The van der Waals surface area contributed by atoms with Crippen molar-refractivity contribution < 1.29 is 12.9 Å². The van der Waals surface area contributed by atoms with Gasteiger partial charge in [0, 0.05) is 11.3 Å². The average molecular weight is 374 g/mol. The van der Waals surface area contributed by atoms with Crippen LogP contribution < -0.4 is 0 Å². The molecule has 1 rings (SSSR count). The zero-order chi connectivity index (χ0) is 12.3. The van der Waals surface area contributed by atoms with Gasteiger partial charge in [-0.15, -0.1) is 9.24 Å². The molecule has 2 radical (unpaired) electrons. The second-order valence-corrected chi connectivity index (χ2v) is 5.58. The molecule has 2 unspecified atom stereocenters. The van der Waals surface area contributed by atoms with Crippen molar-refractivity contribution in [2.24, 2.45) is 5.92 Å². The van der Waals surface area contributed by atoms with Gasteiger partial charge in [-0.1, -0.05) is 13.3 Å². The molecule has 92 valence electrons. The lowest BCUT2D eigenvalue weighted by molar-refractivity contribution is 0.0443. The molecule has 3 nitrogen and oxygen atoms in total. The van der Waals surface area contributed by atoms with Crippen LogP contribution in [0.15, 0.2) is 0 Å². The van der Waals surface area contributed by atoms with Gasteiger partial charge in [0.05, 0.1) is 6.10 Å². The van der Waals surface area contributed by atoms with Crippen molar-refractivity contribution in [3.8, 4) is 0 Å². The summed E-state index contributed by atoms with van der Waals surface area (Å²) in [4.78, 5) is 0. The molecule has 1 aliphatic rings. The summed E-state index contributed by atoms with van der Waals surface area (Å²) >= 11 is 6.36. The average Bonchev–Trinajstić information content (AvgIpc) is 2.56. The quantitative estimate of drug-likeness (QED) is 0.329. The van der Waals surface area contributed by atoms with Crippen molar-refractivity contribution in [2.75, 3.05) is 6.16 Å². The van der Waals surface area contributed by atoms with Crippen molar-refractivity contribution in [2.45, 2.75) is 42.9 Å². The molecule has 0 spiro atoms. The second-order valence-electron chi connectivity index (χ2n) is 4.00. The first-order chi connectivity index (χ1) is 7.56. The van der Waals surface area contributed by atoms with E-state index in [9.17, 15) is 5.11 Å². The molecule has 1 heterocycles. The summed E-state index contributed by atoms with van der Waals surface area (Å²) in [6.07, 6.45) is 0.527. The first-order valence-corrected chi connectivity index (χ1v) is 7.52. The Kier molecular flexibility index (Phi) is 6.93. The maximum absolute atomic E-state index is 9.78. The van der Waals surface area contributed by atoms with E-state index in [2.05, 4.69) is 28.8 Å². The molecule has 1 saturated heterocycles. The van der Waals surface area contributed by atoms with Gasteiger partial charge >= 0.3 is 0 Å². The molecule has 0 aromatic carbocycles. The largest absolute Gasteiger partial charge is 0.388 e. The van der Waals surface area contributed by atoms with E-state index in [4.69, 9.17) is 15.6 Å². The summed E-state index contributed by atoms with van der Waals surface area (Å²) in [5, 5.41) is 9.80. The van der Waals surface area contributed by atoms with E-state index in [1.165, 1.54) is 0 Å². The number of hydrogen-bond donors (Lipinski definition) is 2. The Balaban J connectivity index is 2.71. The first kappa shape index (κ1) is 15.5. The predicted octanol–water partition coefficient (Wildman–Crippen LogP) is 1.18. The number of aliphatic hydroxyl groups is 1. The Morgan fingerprint density at radius 1 is 1.69 bits per heavy atom. The summed E-state index contributed by atoms with van der Waals surface area (Å²) in [5.74, 6) is 0.407. The molecule has 0 aromatic heterocycles. The highest BCUT2D eigenvalue weighted by molar-refractivity contribution is 14.1. The third kappa shape index (κ3) is 3.26. The maximum atomic E-state index is 9.78. The van der Waals surface area contributed by atoms with E-state index in [-0.39, 0.29) is 11.4 Å². The van der Waals surface area contributed by atoms with Gasteiger partial charge in [-0.25, -0.2) is 0 Å². The van der Waals surface area contributed by atoms with Gasteiger partial charge in [0.25, 0.3) is 0 Å². The predicted molar refractivity (Wildman–Crippen MR) is 80.4 cm³/mol. The van der Waals surface area contributed by atoms with Gasteiger partial charge in [-0.2, -0.15) is 12.6 Å². The number of hydrogen-bond acceptors (Lipinski definition) is 4. The van der Waals surface area contributed by atoms with Gasteiger partial charge < -0.3 is 12.9 Å². The molecular weight excluding hydrogens is 357 g/mol. The molecule has 0 bridgehead atoms. The lowest BCUT2D eigenvalue weighted by atomic mass is 9.91. The zero-order valence-corrected chi connectivity index (χ0v) is 13.3. The highest BCUT2D eigenvalue weighted by atomic mass is 127. The topological polar surface area (TPSA) is 38.7 Å². The third-order valence-electron chi connectivity index (χ3n) is 3.06. The molecule has 0 aromatic rings. The van der Waals surface area contributed by atoms with Crippen molar-refractivity contribution in [3.05, 3.63) is 0 Å². The number of ether oxygens (including phenoxy) is 1. The minimum absolute atomic E-state index is 0.0189. The summed E-state index contributed by atoms with van der Waals surface area (Å²) in [5.41, 5.74) is 0. The van der Waals surface area contributed by atoms with Crippen molar-refractivity contribution >= 4 is 52.7 Å². The highest BCUT2D eigenvalue weighted by Crippen LogP contribution is 2.33. The smallest absolute Gasteiger partial charge is 0.125 e. The van der Waals surface area contributed by atoms with E-state index >= 15 is 0 Å². The number of rotatable bonds is 5. The lowest BCUT2D eigenvalue weighted by Crippen LogP contribution is -2.40. The maximum Gasteiger partial charge on any atom is 0.125 e. The van der Waals surface area contributed by atoms with Crippen LogP contribution in [0.4, 0.5) is 0 Å². The summed E-state index contributed by atoms with van der Waals surface area (Å²) < 4.78 is 10.8. The highest BCUT2D eigenvalue weighted by Gasteiger charge is 2.45. The molecule has 0 saturated carbocycles. The lowest BCUT2D eigenvalue weighted by Gasteiger charge is -2.28. The van der Waals surface area contributed by atoms with Crippen LogP contribution in [-0.2, 0) is 7.80 Å². The van der Waals surface area contributed by atoms with Crippen LogP contribution in [0.1, 0.15) is 13.3 Å². The van der Waals surface area contributed by atoms with Crippen LogP contribution in [0.25, 0.3) is 0 Å². The van der Waals surface area contributed by atoms with Gasteiger partial charge in [0.1, 0.15) is 43.1 Å². The van der Waals surface area contributed by atoms with Crippen LogP contribution in [0.3, 0.4) is 0 Å². The fourth-order valence-electron chi connectivity index (χ4n) is 1.91. The molecule has 1 fully saturated rings. The molecular formula is C9H17BIO3PS. The monoisotopic (exact) mass is 374 g/mol. The fourth-order valence-corrected chi connectivity index (χ4v) is 3.93. The Bertz CT molecular complexity index is 223. The van der Waals surface area contributed by atoms with E-state index in [1.807, 2.05) is 0 Å². The van der Waals surface area contributed by atoms with Gasteiger partial charge in [0.15, 0.2) is 0 Å².